The molecule has 4 atom stereocenters. The molecule has 1 saturated heterocycles. The van der Waals surface area contributed by atoms with E-state index >= 15 is 0 Å². The van der Waals surface area contributed by atoms with Crippen molar-refractivity contribution in [2.24, 2.45) is 5.92 Å². The van der Waals surface area contributed by atoms with Crippen LogP contribution in [0.4, 0.5) is 0 Å². The SMILES string of the molecule is CC(C)/C=C1\C[C@@H](S(=O)c2ccccc2)CC[C@@H]2O[C@]12C. The fourth-order valence-corrected chi connectivity index (χ4v) is 4.82. The predicted octanol–water partition coefficient (Wildman–Crippen LogP) is 4.09. The lowest BCUT2D eigenvalue weighted by molar-refractivity contribution is 0.314. The number of benzene rings is 1. The monoisotopic (exact) mass is 304 g/mol. The Morgan fingerprint density at radius 2 is 2.00 bits per heavy atom. The van der Waals surface area contributed by atoms with Crippen molar-refractivity contribution in [1.82, 2.24) is 0 Å². The van der Waals surface area contributed by atoms with Gasteiger partial charge >= 0.3 is 0 Å². The largest absolute Gasteiger partial charge is 0.362 e. The molecule has 0 spiro atoms. The van der Waals surface area contributed by atoms with Gasteiger partial charge in [-0.1, -0.05) is 38.1 Å². The van der Waals surface area contributed by atoms with Gasteiger partial charge in [-0.3, -0.25) is 4.21 Å². The van der Waals surface area contributed by atoms with Crippen molar-refractivity contribution in [2.75, 3.05) is 0 Å². The quantitative estimate of drug-likeness (QED) is 0.622. The second-order valence-corrected chi connectivity index (χ2v) is 8.40. The average molecular weight is 304 g/mol. The van der Waals surface area contributed by atoms with Crippen LogP contribution in [0.3, 0.4) is 0 Å². The fraction of sp³-hybridized carbons (Fsp3) is 0.556. The zero-order valence-electron chi connectivity index (χ0n) is 13.0. The summed E-state index contributed by atoms with van der Waals surface area (Å²) < 4.78 is 18.8. The summed E-state index contributed by atoms with van der Waals surface area (Å²) in [5.41, 5.74) is 1.27. The first-order valence-electron chi connectivity index (χ1n) is 7.85. The maximum atomic E-state index is 12.9. The van der Waals surface area contributed by atoms with Gasteiger partial charge in [-0.2, -0.15) is 0 Å². The average Bonchev–Trinajstić information content (AvgIpc) is 3.15. The van der Waals surface area contributed by atoms with Gasteiger partial charge in [0.05, 0.1) is 16.9 Å². The molecule has 2 nitrogen and oxygen atoms in total. The van der Waals surface area contributed by atoms with Crippen molar-refractivity contribution in [2.45, 2.75) is 61.9 Å². The Morgan fingerprint density at radius 1 is 1.29 bits per heavy atom. The van der Waals surface area contributed by atoms with E-state index in [-0.39, 0.29) is 10.9 Å². The van der Waals surface area contributed by atoms with Crippen molar-refractivity contribution in [3.63, 3.8) is 0 Å². The van der Waals surface area contributed by atoms with Gasteiger partial charge in [0, 0.05) is 10.1 Å². The van der Waals surface area contributed by atoms with Gasteiger partial charge in [-0.15, -0.1) is 0 Å². The Morgan fingerprint density at radius 3 is 2.67 bits per heavy atom. The highest BCUT2D eigenvalue weighted by Crippen LogP contribution is 2.50. The number of hydrogen-bond donors (Lipinski definition) is 0. The minimum Gasteiger partial charge on any atom is -0.362 e. The van der Waals surface area contributed by atoms with Crippen molar-refractivity contribution in [1.29, 1.82) is 0 Å². The lowest BCUT2D eigenvalue weighted by Crippen LogP contribution is -2.19. The van der Waals surface area contributed by atoms with Crippen LogP contribution >= 0.6 is 0 Å². The van der Waals surface area contributed by atoms with Crippen molar-refractivity contribution in [3.05, 3.63) is 42.0 Å². The third-order valence-electron chi connectivity index (χ3n) is 4.59. The van der Waals surface area contributed by atoms with Crippen LogP contribution < -0.4 is 0 Å². The van der Waals surface area contributed by atoms with E-state index in [0.717, 1.165) is 24.2 Å². The van der Waals surface area contributed by atoms with Crippen LogP contribution in [-0.2, 0) is 15.5 Å². The molecular weight excluding hydrogens is 280 g/mol. The van der Waals surface area contributed by atoms with Gasteiger partial charge < -0.3 is 4.74 Å². The molecule has 1 saturated carbocycles. The van der Waals surface area contributed by atoms with Gasteiger partial charge in [0.1, 0.15) is 5.60 Å². The number of epoxide rings is 1. The summed E-state index contributed by atoms with van der Waals surface area (Å²) >= 11 is 0. The summed E-state index contributed by atoms with van der Waals surface area (Å²) in [4.78, 5) is 0.952. The van der Waals surface area contributed by atoms with Crippen LogP contribution in [0, 0.1) is 5.92 Å². The molecule has 1 unspecified atom stereocenters. The molecule has 1 aliphatic heterocycles. The van der Waals surface area contributed by atoms with Gasteiger partial charge in [0.15, 0.2) is 0 Å². The molecule has 2 aliphatic rings. The second kappa shape index (κ2) is 5.69. The number of rotatable bonds is 3. The lowest BCUT2D eigenvalue weighted by Gasteiger charge is -2.19. The molecule has 0 N–H and O–H groups in total. The Hall–Kier alpha value is -0.930. The Bertz CT molecular complexity index is 564. The smallest absolute Gasteiger partial charge is 0.113 e. The molecule has 1 aromatic rings. The molecule has 0 radical (unpaired) electrons. The van der Waals surface area contributed by atoms with Crippen LogP contribution in [0.5, 0.6) is 0 Å². The van der Waals surface area contributed by atoms with E-state index in [1.165, 1.54) is 5.57 Å². The third-order valence-corrected chi connectivity index (χ3v) is 6.34. The summed E-state index contributed by atoms with van der Waals surface area (Å²) in [7, 11) is -0.926. The zero-order valence-corrected chi connectivity index (χ0v) is 13.9. The van der Waals surface area contributed by atoms with Crippen molar-refractivity contribution in [3.8, 4) is 0 Å². The van der Waals surface area contributed by atoms with E-state index in [9.17, 15) is 4.21 Å². The number of hydrogen-bond acceptors (Lipinski definition) is 2. The Balaban J connectivity index is 1.83. The summed E-state index contributed by atoms with van der Waals surface area (Å²) in [5, 5.41) is 0.214. The van der Waals surface area contributed by atoms with E-state index in [4.69, 9.17) is 4.74 Å². The Kier molecular flexibility index (Phi) is 4.06. The normalized spacial score (nSPS) is 35.3. The molecule has 0 amide bonds. The molecule has 3 rings (SSSR count). The van der Waals surface area contributed by atoms with Crippen LogP contribution in [0.25, 0.3) is 0 Å². The lowest BCUT2D eigenvalue weighted by atomic mass is 9.93. The number of ether oxygens (including phenoxy) is 1. The van der Waals surface area contributed by atoms with E-state index in [1.807, 2.05) is 30.3 Å². The fourth-order valence-electron chi connectivity index (χ4n) is 3.33. The first-order valence-corrected chi connectivity index (χ1v) is 9.06. The standard InChI is InChI=1S/C18H24O2S/c1-13(2)11-14-12-16(9-10-17-18(14,3)20-17)21(19)15-7-5-4-6-8-15/h4-8,11,13,16-17H,9-10,12H2,1-3H3/b14-11+/t16-,17-,18+,21?/m0/s1. The highest BCUT2D eigenvalue weighted by molar-refractivity contribution is 7.85. The molecule has 3 heteroatoms. The molecule has 0 aromatic heterocycles. The van der Waals surface area contributed by atoms with E-state index < -0.39 is 10.8 Å². The first-order chi connectivity index (χ1) is 10.0. The Labute approximate surface area is 130 Å². The topological polar surface area (TPSA) is 29.6 Å². The van der Waals surface area contributed by atoms with E-state index in [1.54, 1.807) is 0 Å². The van der Waals surface area contributed by atoms with E-state index in [2.05, 4.69) is 26.8 Å². The third kappa shape index (κ3) is 3.00. The summed E-state index contributed by atoms with van der Waals surface area (Å²) in [6, 6.07) is 9.87. The molecule has 1 heterocycles. The van der Waals surface area contributed by atoms with Crippen LogP contribution in [0.15, 0.2) is 46.9 Å². The van der Waals surface area contributed by atoms with Gasteiger partial charge in [-0.05, 0) is 49.8 Å². The van der Waals surface area contributed by atoms with E-state index in [0.29, 0.717) is 12.0 Å². The maximum Gasteiger partial charge on any atom is 0.113 e. The van der Waals surface area contributed by atoms with Gasteiger partial charge in [0.25, 0.3) is 0 Å². The highest BCUT2D eigenvalue weighted by atomic mass is 32.2. The second-order valence-electron chi connectivity index (χ2n) is 6.66. The minimum absolute atomic E-state index is 0.0834. The molecule has 21 heavy (non-hydrogen) atoms. The molecule has 2 fully saturated rings. The minimum atomic E-state index is -0.926. The zero-order chi connectivity index (χ0) is 15.0. The summed E-state index contributed by atoms with van der Waals surface area (Å²) in [6.07, 6.45) is 5.56. The maximum absolute atomic E-state index is 12.9. The molecule has 1 aliphatic carbocycles. The molecular formula is C18H24O2S. The molecule has 1 aromatic carbocycles. The molecule has 0 bridgehead atoms. The van der Waals surface area contributed by atoms with Gasteiger partial charge in [-0.25, -0.2) is 0 Å². The summed E-state index contributed by atoms with van der Waals surface area (Å²) in [6.45, 7) is 6.59. The predicted molar refractivity (Wildman–Crippen MR) is 86.7 cm³/mol. The number of allylic oxidation sites excluding steroid dienone is 1. The van der Waals surface area contributed by atoms with Crippen molar-refractivity contribution >= 4 is 10.8 Å². The number of fused-ring (bicyclic) bond motifs is 1. The molecule has 114 valence electrons. The van der Waals surface area contributed by atoms with Crippen molar-refractivity contribution < 1.29 is 8.95 Å². The van der Waals surface area contributed by atoms with Gasteiger partial charge in [0.2, 0.25) is 0 Å². The van der Waals surface area contributed by atoms with Crippen LogP contribution in [-0.4, -0.2) is 21.2 Å². The van der Waals surface area contributed by atoms with Crippen LogP contribution in [0.1, 0.15) is 40.0 Å². The van der Waals surface area contributed by atoms with Crippen LogP contribution in [0.2, 0.25) is 0 Å². The summed E-state index contributed by atoms with van der Waals surface area (Å²) in [5.74, 6) is 0.505. The first kappa shape index (κ1) is 15.0. The highest BCUT2D eigenvalue weighted by Gasteiger charge is 2.56.